The Labute approximate surface area is 165 Å². The third-order valence-electron chi connectivity index (χ3n) is 6.07. The van der Waals surface area contributed by atoms with Crippen LogP contribution in [-0.4, -0.2) is 26.0 Å². The average molecular weight is 374 g/mol. The lowest BCUT2D eigenvalue weighted by Crippen LogP contribution is -2.35. The second kappa shape index (κ2) is 6.74. The number of nitrogens with one attached hydrogen (secondary N) is 1. The van der Waals surface area contributed by atoms with Crippen molar-refractivity contribution in [2.45, 2.75) is 52.1 Å². The molecule has 0 atom stereocenters. The largest absolute Gasteiger partial charge is 0.318 e. The number of aromatic amines is 1. The second-order valence-electron chi connectivity index (χ2n) is 8.18. The Hall–Kier alpha value is -2.66. The van der Waals surface area contributed by atoms with Gasteiger partial charge in [-0.25, -0.2) is 4.98 Å². The molecule has 0 saturated heterocycles. The molecule has 2 aliphatic rings. The summed E-state index contributed by atoms with van der Waals surface area (Å²) in [6.07, 6.45) is 3.17. The van der Waals surface area contributed by atoms with Crippen molar-refractivity contribution < 1.29 is 0 Å². The highest BCUT2D eigenvalue weighted by molar-refractivity contribution is 5.41. The van der Waals surface area contributed by atoms with Crippen molar-refractivity contribution >= 4 is 0 Å². The second-order valence-corrected chi connectivity index (χ2v) is 8.18. The van der Waals surface area contributed by atoms with Crippen LogP contribution in [0, 0.1) is 13.8 Å². The molecule has 1 fully saturated rings. The molecule has 3 aromatic rings. The van der Waals surface area contributed by atoms with Gasteiger partial charge in [0, 0.05) is 49.0 Å². The van der Waals surface area contributed by atoms with Crippen LogP contribution in [0.25, 0.3) is 5.69 Å². The van der Waals surface area contributed by atoms with E-state index in [4.69, 9.17) is 4.98 Å². The summed E-state index contributed by atoms with van der Waals surface area (Å²) in [5, 5.41) is 0. The molecule has 3 heterocycles. The highest BCUT2D eigenvalue weighted by Gasteiger charge is 2.29. The normalized spacial score (nSPS) is 16.9. The molecule has 5 rings (SSSR count). The highest BCUT2D eigenvalue weighted by Crippen LogP contribution is 2.37. The molecule has 0 radical (unpaired) electrons. The minimum Gasteiger partial charge on any atom is -0.318 e. The van der Waals surface area contributed by atoms with Gasteiger partial charge in [0.25, 0.3) is 5.56 Å². The van der Waals surface area contributed by atoms with Gasteiger partial charge in [-0.15, -0.1) is 0 Å². The SMILES string of the molecule is Cc1cc(CN2CCc3nc(C4CC4)[nH]c(=O)c3C2)c(C)n1-c1ccccc1. The summed E-state index contributed by atoms with van der Waals surface area (Å²) in [7, 11) is 0. The minimum absolute atomic E-state index is 0.0614. The van der Waals surface area contributed by atoms with Crippen LogP contribution < -0.4 is 5.56 Å². The standard InChI is InChI=1S/C23H26N4O/c1-15-12-18(16(2)27(15)19-6-4-3-5-7-19)13-26-11-10-21-20(14-26)23(28)25-22(24-21)17-8-9-17/h3-7,12,17H,8-11,13-14H2,1-2H3,(H,24,25,28). The Morgan fingerprint density at radius 2 is 1.96 bits per heavy atom. The summed E-state index contributed by atoms with van der Waals surface area (Å²) >= 11 is 0. The van der Waals surface area contributed by atoms with Crippen LogP contribution in [0.3, 0.4) is 0 Å². The molecule has 1 aromatic carbocycles. The maximum absolute atomic E-state index is 12.6. The van der Waals surface area contributed by atoms with Crippen molar-refractivity contribution in [2.75, 3.05) is 6.54 Å². The summed E-state index contributed by atoms with van der Waals surface area (Å²) in [5.41, 5.74) is 6.95. The molecule has 28 heavy (non-hydrogen) atoms. The maximum Gasteiger partial charge on any atom is 0.255 e. The number of H-pyrrole nitrogens is 1. The number of aryl methyl sites for hydroxylation is 1. The lowest BCUT2D eigenvalue weighted by Gasteiger charge is -2.27. The summed E-state index contributed by atoms with van der Waals surface area (Å²) in [6.45, 7) is 6.82. The Kier molecular flexibility index (Phi) is 4.20. The monoisotopic (exact) mass is 374 g/mol. The molecule has 2 aromatic heterocycles. The van der Waals surface area contributed by atoms with E-state index >= 15 is 0 Å². The van der Waals surface area contributed by atoms with E-state index in [0.717, 1.165) is 49.4 Å². The number of aromatic nitrogens is 3. The Balaban J connectivity index is 1.39. The molecule has 144 valence electrons. The zero-order valence-electron chi connectivity index (χ0n) is 16.5. The average Bonchev–Trinajstić information content (AvgIpc) is 3.50. The van der Waals surface area contributed by atoms with E-state index in [1.165, 1.54) is 22.6 Å². The molecule has 1 saturated carbocycles. The van der Waals surface area contributed by atoms with E-state index in [9.17, 15) is 4.79 Å². The van der Waals surface area contributed by atoms with Crippen molar-refractivity contribution in [3.63, 3.8) is 0 Å². The van der Waals surface area contributed by atoms with E-state index < -0.39 is 0 Å². The van der Waals surface area contributed by atoms with Gasteiger partial charge >= 0.3 is 0 Å². The summed E-state index contributed by atoms with van der Waals surface area (Å²) < 4.78 is 2.31. The quantitative estimate of drug-likeness (QED) is 0.759. The number of rotatable bonds is 4. The number of benzene rings is 1. The van der Waals surface area contributed by atoms with Crippen LogP contribution in [0.5, 0.6) is 0 Å². The first kappa shape index (κ1) is 17.4. The number of para-hydroxylation sites is 1. The van der Waals surface area contributed by atoms with E-state index in [0.29, 0.717) is 12.5 Å². The molecule has 1 aliphatic heterocycles. The van der Waals surface area contributed by atoms with Crippen molar-refractivity contribution in [3.8, 4) is 5.69 Å². The number of hydrogen-bond acceptors (Lipinski definition) is 3. The van der Waals surface area contributed by atoms with Crippen molar-refractivity contribution in [1.29, 1.82) is 0 Å². The zero-order chi connectivity index (χ0) is 19.3. The first-order valence-electron chi connectivity index (χ1n) is 10.2. The van der Waals surface area contributed by atoms with Gasteiger partial charge in [-0.2, -0.15) is 0 Å². The molecule has 0 spiro atoms. The van der Waals surface area contributed by atoms with Gasteiger partial charge < -0.3 is 9.55 Å². The predicted molar refractivity (Wildman–Crippen MR) is 110 cm³/mol. The lowest BCUT2D eigenvalue weighted by atomic mass is 10.1. The maximum atomic E-state index is 12.6. The van der Waals surface area contributed by atoms with E-state index in [1.807, 2.05) is 6.07 Å². The number of fused-ring (bicyclic) bond motifs is 1. The van der Waals surface area contributed by atoms with E-state index in [1.54, 1.807) is 0 Å². The third-order valence-corrected chi connectivity index (χ3v) is 6.07. The summed E-state index contributed by atoms with van der Waals surface area (Å²) in [6, 6.07) is 12.8. The zero-order valence-corrected chi connectivity index (χ0v) is 16.5. The predicted octanol–water partition coefficient (Wildman–Crippen LogP) is 3.61. The molecule has 1 N–H and O–H groups in total. The Bertz CT molecular complexity index is 1080. The fourth-order valence-electron chi connectivity index (χ4n) is 4.39. The van der Waals surface area contributed by atoms with E-state index in [-0.39, 0.29) is 5.56 Å². The first-order valence-corrected chi connectivity index (χ1v) is 10.2. The molecule has 5 nitrogen and oxygen atoms in total. The van der Waals surface area contributed by atoms with Crippen LogP contribution in [0.1, 0.15) is 52.8 Å². The summed E-state index contributed by atoms with van der Waals surface area (Å²) in [4.78, 5) is 22.8. The third kappa shape index (κ3) is 3.10. The molecule has 0 bridgehead atoms. The number of hydrogen-bond donors (Lipinski definition) is 1. The Morgan fingerprint density at radius 3 is 2.71 bits per heavy atom. The molecule has 0 unspecified atom stereocenters. The van der Waals surface area contributed by atoms with Crippen molar-refractivity contribution in [2.24, 2.45) is 0 Å². The van der Waals surface area contributed by atoms with Crippen LogP contribution in [0.15, 0.2) is 41.2 Å². The smallest absolute Gasteiger partial charge is 0.255 e. The fraction of sp³-hybridized carbons (Fsp3) is 0.391. The topological polar surface area (TPSA) is 53.9 Å². The van der Waals surface area contributed by atoms with Gasteiger partial charge in [0.15, 0.2) is 0 Å². The lowest BCUT2D eigenvalue weighted by molar-refractivity contribution is 0.241. The van der Waals surface area contributed by atoms with Gasteiger partial charge in [0.2, 0.25) is 0 Å². The van der Waals surface area contributed by atoms with Crippen molar-refractivity contribution in [3.05, 3.63) is 80.8 Å². The van der Waals surface area contributed by atoms with Crippen LogP contribution in [-0.2, 0) is 19.5 Å². The minimum atomic E-state index is 0.0614. The molecular formula is C23H26N4O. The van der Waals surface area contributed by atoms with Crippen LogP contribution in [0.4, 0.5) is 0 Å². The molecule has 0 amide bonds. The first-order chi connectivity index (χ1) is 13.6. The van der Waals surface area contributed by atoms with Crippen LogP contribution in [0.2, 0.25) is 0 Å². The van der Waals surface area contributed by atoms with Gasteiger partial charge in [0.1, 0.15) is 5.82 Å². The number of nitrogens with zero attached hydrogens (tertiary/aromatic N) is 3. The van der Waals surface area contributed by atoms with E-state index in [2.05, 4.69) is 58.6 Å². The van der Waals surface area contributed by atoms with Gasteiger partial charge in [-0.3, -0.25) is 9.69 Å². The molecule has 1 aliphatic carbocycles. The van der Waals surface area contributed by atoms with Crippen LogP contribution >= 0.6 is 0 Å². The van der Waals surface area contributed by atoms with Gasteiger partial charge in [-0.05, 0) is 50.5 Å². The highest BCUT2D eigenvalue weighted by atomic mass is 16.1. The van der Waals surface area contributed by atoms with Crippen molar-refractivity contribution in [1.82, 2.24) is 19.4 Å². The molecule has 5 heteroatoms. The van der Waals surface area contributed by atoms with Gasteiger partial charge in [-0.1, -0.05) is 18.2 Å². The molecular weight excluding hydrogens is 348 g/mol. The Morgan fingerprint density at radius 1 is 1.18 bits per heavy atom. The fourth-order valence-corrected chi connectivity index (χ4v) is 4.39. The summed E-state index contributed by atoms with van der Waals surface area (Å²) in [5.74, 6) is 1.39. The van der Waals surface area contributed by atoms with Gasteiger partial charge in [0.05, 0.1) is 11.3 Å².